The number of piperazine rings is 1. The van der Waals surface area contributed by atoms with Crippen LogP contribution < -0.4 is 10.2 Å². The lowest BCUT2D eigenvalue weighted by Gasteiger charge is -2.37. The molecule has 1 saturated heterocycles. The van der Waals surface area contributed by atoms with Gasteiger partial charge in [-0.1, -0.05) is 48.0 Å². The average Bonchev–Trinajstić information content (AvgIpc) is 2.62. The Bertz CT molecular complexity index is 721. The molecule has 1 aliphatic heterocycles. The maximum atomic E-state index is 12.5. The first-order valence-electron chi connectivity index (χ1n) is 8.97. The highest BCUT2D eigenvalue weighted by Gasteiger charge is 2.23. The highest BCUT2D eigenvalue weighted by Crippen LogP contribution is 2.22. The van der Waals surface area contributed by atoms with Crippen molar-refractivity contribution in [2.45, 2.75) is 26.8 Å². The van der Waals surface area contributed by atoms with Gasteiger partial charge in [0.05, 0.1) is 6.04 Å². The molecule has 0 spiro atoms. The van der Waals surface area contributed by atoms with Crippen LogP contribution in [0.2, 0.25) is 0 Å². The molecule has 1 N–H and O–H groups in total. The number of nitrogens with one attached hydrogen (secondary N) is 1. The zero-order valence-electron chi connectivity index (χ0n) is 15.3. The van der Waals surface area contributed by atoms with Gasteiger partial charge in [-0.15, -0.1) is 0 Å². The second-order valence-corrected chi connectivity index (χ2v) is 6.85. The molecule has 1 fully saturated rings. The van der Waals surface area contributed by atoms with Gasteiger partial charge >= 0.3 is 6.03 Å². The second-order valence-electron chi connectivity index (χ2n) is 6.85. The minimum absolute atomic E-state index is 0.0195. The number of hydrogen-bond acceptors (Lipinski definition) is 2. The molecular weight excluding hydrogens is 310 g/mol. The lowest BCUT2D eigenvalue weighted by Crippen LogP contribution is -2.52. The van der Waals surface area contributed by atoms with Crippen LogP contribution in [-0.2, 0) is 0 Å². The van der Waals surface area contributed by atoms with E-state index in [0.717, 1.165) is 31.7 Å². The van der Waals surface area contributed by atoms with Gasteiger partial charge in [0, 0.05) is 31.9 Å². The van der Waals surface area contributed by atoms with Crippen molar-refractivity contribution in [3.8, 4) is 0 Å². The van der Waals surface area contributed by atoms with Crippen LogP contribution >= 0.6 is 0 Å². The molecule has 1 heterocycles. The fourth-order valence-corrected chi connectivity index (χ4v) is 3.41. The number of aryl methyl sites for hydroxylation is 2. The summed E-state index contributed by atoms with van der Waals surface area (Å²) in [4.78, 5) is 16.8. The summed E-state index contributed by atoms with van der Waals surface area (Å²) < 4.78 is 0. The van der Waals surface area contributed by atoms with E-state index in [1.807, 2.05) is 42.2 Å². The van der Waals surface area contributed by atoms with Crippen LogP contribution in [0.3, 0.4) is 0 Å². The van der Waals surface area contributed by atoms with E-state index < -0.39 is 0 Å². The number of amides is 2. The summed E-state index contributed by atoms with van der Waals surface area (Å²) in [6, 6.07) is 16.7. The number of carbonyl (C=O) groups excluding carboxylic acids is 1. The van der Waals surface area contributed by atoms with Crippen molar-refractivity contribution in [2.24, 2.45) is 0 Å². The van der Waals surface area contributed by atoms with Gasteiger partial charge in [0.2, 0.25) is 0 Å². The molecule has 132 valence electrons. The minimum Gasteiger partial charge on any atom is -0.368 e. The third-order valence-corrected chi connectivity index (χ3v) is 4.90. The maximum Gasteiger partial charge on any atom is 0.317 e. The summed E-state index contributed by atoms with van der Waals surface area (Å²) in [6.07, 6.45) is 0. The number of carbonyl (C=O) groups is 1. The lowest BCUT2D eigenvalue weighted by molar-refractivity contribution is 0.191. The zero-order valence-corrected chi connectivity index (χ0v) is 15.3. The maximum absolute atomic E-state index is 12.5. The Hall–Kier alpha value is -2.49. The van der Waals surface area contributed by atoms with Crippen LogP contribution in [0.5, 0.6) is 0 Å². The van der Waals surface area contributed by atoms with E-state index in [4.69, 9.17) is 0 Å². The van der Waals surface area contributed by atoms with Crippen LogP contribution in [0, 0.1) is 13.8 Å². The van der Waals surface area contributed by atoms with Gasteiger partial charge in [-0.2, -0.15) is 0 Å². The number of anilines is 1. The van der Waals surface area contributed by atoms with Crippen molar-refractivity contribution in [3.63, 3.8) is 0 Å². The number of nitrogens with zero attached hydrogens (tertiary/aromatic N) is 2. The first-order valence-corrected chi connectivity index (χ1v) is 8.97. The summed E-state index contributed by atoms with van der Waals surface area (Å²) in [5.41, 5.74) is 5.00. The zero-order chi connectivity index (χ0) is 17.8. The SMILES string of the molecule is Cc1ccc(N2CCN(C(=O)NC(C)c3ccccc3)CC2)c(C)c1. The minimum atomic E-state index is 0.0195. The first kappa shape index (κ1) is 17.3. The summed E-state index contributed by atoms with van der Waals surface area (Å²) in [5, 5.41) is 3.11. The lowest BCUT2D eigenvalue weighted by atomic mass is 10.1. The summed E-state index contributed by atoms with van der Waals surface area (Å²) in [5.74, 6) is 0. The van der Waals surface area contributed by atoms with E-state index in [2.05, 4.69) is 42.3 Å². The van der Waals surface area contributed by atoms with Crippen molar-refractivity contribution >= 4 is 11.7 Å². The van der Waals surface area contributed by atoms with Crippen LogP contribution in [-0.4, -0.2) is 37.1 Å². The second kappa shape index (κ2) is 7.60. The van der Waals surface area contributed by atoms with Crippen LogP contribution in [0.25, 0.3) is 0 Å². The van der Waals surface area contributed by atoms with Gasteiger partial charge in [-0.25, -0.2) is 4.79 Å². The smallest absolute Gasteiger partial charge is 0.317 e. The molecule has 3 rings (SSSR count). The quantitative estimate of drug-likeness (QED) is 0.922. The Balaban J connectivity index is 1.56. The van der Waals surface area contributed by atoms with Crippen molar-refractivity contribution in [1.29, 1.82) is 0 Å². The highest BCUT2D eigenvalue weighted by atomic mass is 16.2. The molecule has 0 aliphatic carbocycles. The van der Waals surface area contributed by atoms with Gasteiger partial charge in [-0.3, -0.25) is 0 Å². The molecular formula is C21H27N3O. The Morgan fingerprint density at radius 2 is 1.68 bits per heavy atom. The van der Waals surface area contributed by atoms with E-state index in [1.54, 1.807) is 0 Å². The number of urea groups is 1. The Morgan fingerprint density at radius 3 is 2.32 bits per heavy atom. The Kier molecular flexibility index (Phi) is 5.27. The van der Waals surface area contributed by atoms with E-state index >= 15 is 0 Å². The van der Waals surface area contributed by atoms with Gasteiger partial charge < -0.3 is 15.1 Å². The van der Waals surface area contributed by atoms with Crippen LogP contribution in [0.4, 0.5) is 10.5 Å². The van der Waals surface area contributed by atoms with Crippen molar-refractivity contribution in [1.82, 2.24) is 10.2 Å². The van der Waals surface area contributed by atoms with Crippen molar-refractivity contribution < 1.29 is 4.79 Å². The Labute approximate surface area is 150 Å². The first-order chi connectivity index (χ1) is 12.0. The molecule has 0 aromatic heterocycles. The van der Waals surface area contributed by atoms with E-state index in [1.165, 1.54) is 16.8 Å². The molecule has 2 aromatic carbocycles. The van der Waals surface area contributed by atoms with E-state index in [0.29, 0.717) is 0 Å². The summed E-state index contributed by atoms with van der Waals surface area (Å²) in [6.45, 7) is 9.55. The third kappa shape index (κ3) is 4.13. The van der Waals surface area contributed by atoms with Gasteiger partial charge in [0.25, 0.3) is 0 Å². The topological polar surface area (TPSA) is 35.6 Å². The summed E-state index contributed by atoms with van der Waals surface area (Å²) in [7, 11) is 0. The standard InChI is InChI=1S/C21H27N3O/c1-16-9-10-20(17(2)15-16)23-11-13-24(14-12-23)21(25)22-18(3)19-7-5-4-6-8-19/h4-10,15,18H,11-14H2,1-3H3,(H,22,25). The molecule has 0 bridgehead atoms. The Morgan fingerprint density at radius 1 is 1.00 bits per heavy atom. The molecule has 25 heavy (non-hydrogen) atoms. The molecule has 1 atom stereocenters. The number of hydrogen-bond donors (Lipinski definition) is 1. The highest BCUT2D eigenvalue weighted by molar-refractivity contribution is 5.75. The predicted octanol–water partition coefficient (Wildman–Crippen LogP) is 3.90. The van der Waals surface area contributed by atoms with Crippen molar-refractivity contribution in [3.05, 3.63) is 65.2 Å². The molecule has 0 saturated carbocycles. The largest absolute Gasteiger partial charge is 0.368 e. The fourth-order valence-electron chi connectivity index (χ4n) is 3.41. The molecule has 1 unspecified atom stereocenters. The van der Waals surface area contributed by atoms with Gasteiger partial charge in [-0.05, 0) is 38.0 Å². The number of rotatable bonds is 3. The third-order valence-electron chi connectivity index (χ3n) is 4.90. The molecule has 1 aliphatic rings. The molecule has 2 aromatic rings. The molecule has 4 nitrogen and oxygen atoms in total. The van der Waals surface area contributed by atoms with Crippen LogP contribution in [0.15, 0.2) is 48.5 Å². The number of benzene rings is 2. The molecule has 4 heteroatoms. The van der Waals surface area contributed by atoms with E-state index in [-0.39, 0.29) is 12.1 Å². The van der Waals surface area contributed by atoms with Gasteiger partial charge in [0.15, 0.2) is 0 Å². The predicted molar refractivity (Wildman–Crippen MR) is 103 cm³/mol. The van der Waals surface area contributed by atoms with Crippen LogP contribution in [0.1, 0.15) is 29.7 Å². The van der Waals surface area contributed by atoms with E-state index in [9.17, 15) is 4.79 Å². The monoisotopic (exact) mass is 337 g/mol. The van der Waals surface area contributed by atoms with Crippen molar-refractivity contribution in [2.75, 3.05) is 31.1 Å². The molecule has 0 radical (unpaired) electrons. The fraction of sp³-hybridized carbons (Fsp3) is 0.381. The summed E-state index contributed by atoms with van der Waals surface area (Å²) >= 11 is 0. The normalized spacial score (nSPS) is 15.8. The average molecular weight is 337 g/mol. The van der Waals surface area contributed by atoms with Gasteiger partial charge in [0.1, 0.15) is 0 Å². The molecule has 2 amide bonds.